The molecule has 0 bridgehead atoms. The highest BCUT2D eigenvalue weighted by atomic mass is 16.6. The average Bonchev–Trinajstić information content (AvgIpc) is 3.77. The van der Waals surface area contributed by atoms with E-state index < -0.39 is 48.8 Å². The van der Waals surface area contributed by atoms with E-state index in [1.54, 1.807) is 0 Å². The summed E-state index contributed by atoms with van der Waals surface area (Å²) in [5, 5.41) is 0. The van der Waals surface area contributed by atoms with Crippen LogP contribution in [0.3, 0.4) is 0 Å². The smallest absolute Gasteiger partial charge is 0.151 e. The Balaban J connectivity index is 1.13. The molecule has 0 amide bonds. The van der Waals surface area contributed by atoms with Crippen LogP contribution in [0.5, 0.6) is 0 Å². The van der Waals surface area contributed by atoms with Gasteiger partial charge in [-0.15, -0.1) is 0 Å². The summed E-state index contributed by atoms with van der Waals surface area (Å²) in [7, 11) is 0. The second kappa shape index (κ2) is 20.2. The Morgan fingerprint density at radius 2 is 0.727 bits per heavy atom. The van der Waals surface area contributed by atoms with E-state index >= 15 is 0 Å². The van der Waals surface area contributed by atoms with Gasteiger partial charge in [0.25, 0.3) is 0 Å². The van der Waals surface area contributed by atoms with Crippen LogP contribution in [0.4, 0.5) is 0 Å². The van der Waals surface area contributed by atoms with Crippen LogP contribution >= 0.6 is 0 Å². The number of aldehydes is 1. The molecule has 5 aromatic carbocycles. The molecule has 2 fully saturated rings. The van der Waals surface area contributed by atoms with E-state index in [9.17, 15) is 4.79 Å². The Morgan fingerprint density at radius 3 is 1.13 bits per heavy atom. The summed E-state index contributed by atoms with van der Waals surface area (Å²) >= 11 is 0. The largest absolute Gasteiger partial charge is 0.374 e. The minimum absolute atomic E-state index is 0.301. The second-order valence-electron chi connectivity index (χ2n) is 13.8. The molecule has 0 radical (unpaired) electrons. The van der Waals surface area contributed by atoms with Gasteiger partial charge in [-0.3, -0.25) is 0 Å². The van der Waals surface area contributed by atoms with E-state index in [0.29, 0.717) is 39.6 Å². The van der Waals surface area contributed by atoms with Gasteiger partial charge in [0.2, 0.25) is 0 Å². The lowest BCUT2D eigenvalue weighted by atomic mass is 10.0. The number of benzene rings is 5. The monoisotopic (exact) mass is 740 g/mol. The van der Waals surface area contributed by atoms with Crippen LogP contribution in [-0.4, -0.2) is 61.7 Å². The zero-order valence-corrected chi connectivity index (χ0v) is 30.8. The van der Waals surface area contributed by atoms with E-state index in [2.05, 4.69) is 0 Å². The molecule has 2 saturated heterocycles. The van der Waals surface area contributed by atoms with Crippen LogP contribution < -0.4 is 0 Å². The van der Waals surface area contributed by atoms with Gasteiger partial charge in [0.1, 0.15) is 48.8 Å². The molecule has 0 spiro atoms. The Bertz CT molecular complexity index is 1860. The summed E-state index contributed by atoms with van der Waals surface area (Å²) in [6.45, 7) is 2.13. The molecule has 55 heavy (non-hydrogen) atoms. The van der Waals surface area contributed by atoms with Gasteiger partial charge in [0, 0.05) is 0 Å². The van der Waals surface area contributed by atoms with Crippen molar-refractivity contribution in [1.29, 1.82) is 0 Å². The molecular weight excluding hydrogens is 693 g/mol. The Morgan fingerprint density at radius 1 is 0.400 bits per heavy atom. The van der Waals surface area contributed by atoms with Crippen molar-refractivity contribution in [2.45, 2.75) is 81.9 Å². The highest BCUT2D eigenvalue weighted by Crippen LogP contribution is 2.33. The molecule has 0 aromatic heterocycles. The lowest BCUT2D eigenvalue weighted by molar-refractivity contribution is -0.124. The zero-order valence-electron chi connectivity index (χ0n) is 30.8. The normalized spacial score (nSPS) is 25.0. The third-order valence-corrected chi connectivity index (χ3v) is 9.79. The molecule has 0 unspecified atom stereocenters. The summed E-state index contributed by atoms with van der Waals surface area (Å²) in [5.74, 6) is 0. The summed E-state index contributed by atoms with van der Waals surface area (Å²) in [5.41, 5.74) is 5.16. The zero-order chi connectivity index (χ0) is 37.5. The van der Waals surface area contributed by atoms with Gasteiger partial charge in [-0.05, 0) is 27.8 Å². The molecule has 284 valence electrons. The number of hydrogen-bond donors (Lipinski definition) is 0. The molecule has 2 aliphatic rings. The van der Waals surface area contributed by atoms with Crippen molar-refractivity contribution in [3.8, 4) is 0 Å². The van der Waals surface area contributed by atoms with Crippen molar-refractivity contribution in [3.05, 3.63) is 192 Å². The topological polar surface area (TPSA) is 81.7 Å². The van der Waals surface area contributed by atoms with E-state index in [4.69, 9.17) is 33.2 Å². The molecule has 5 aromatic rings. The minimum atomic E-state index is -0.824. The lowest BCUT2D eigenvalue weighted by Crippen LogP contribution is -2.39. The molecule has 2 aliphatic heterocycles. The first-order chi connectivity index (χ1) is 27.2. The maximum Gasteiger partial charge on any atom is 0.151 e. The molecule has 0 aliphatic carbocycles. The van der Waals surface area contributed by atoms with Crippen molar-refractivity contribution >= 4 is 6.29 Å². The third kappa shape index (κ3) is 10.9. The van der Waals surface area contributed by atoms with Crippen LogP contribution in [0.15, 0.2) is 164 Å². The van der Waals surface area contributed by atoms with E-state index in [1.165, 1.54) is 0 Å². The van der Waals surface area contributed by atoms with Crippen LogP contribution in [-0.2, 0) is 71.0 Å². The van der Waals surface area contributed by atoms with Crippen molar-refractivity contribution in [2.24, 2.45) is 0 Å². The van der Waals surface area contributed by atoms with Gasteiger partial charge in [-0.2, -0.15) is 0 Å². The molecular formula is C47H48O8. The van der Waals surface area contributed by atoms with Crippen molar-refractivity contribution in [2.75, 3.05) is 6.61 Å². The molecule has 8 heteroatoms. The van der Waals surface area contributed by atoms with Gasteiger partial charge in [-0.25, -0.2) is 0 Å². The predicted molar refractivity (Wildman–Crippen MR) is 209 cm³/mol. The standard InChI is InChI=1S/C47H48O8/c48-28-42-46(52-32-38-22-12-4-13-23-38)44(50-30-36-18-8-2-9-19-36)40(54-42)26-27-41-45(51-31-37-20-10-3-11-21-37)47(53-33-39-24-14-5-15-25-39)43(55-41)34-49-29-35-16-6-1-7-17-35/h1-28,40-47H,29-34H2/t40-,41-,42-,43-,44-,45-,46-,47-/m1/s1. The Labute approximate surface area is 323 Å². The Hall–Kier alpha value is -4.77. The van der Waals surface area contributed by atoms with Gasteiger partial charge >= 0.3 is 0 Å². The molecule has 2 heterocycles. The highest BCUT2D eigenvalue weighted by Gasteiger charge is 2.48. The number of ether oxygens (including phenoxy) is 7. The first-order valence-corrected chi connectivity index (χ1v) is 18.9. The van der Waals surface area contributed by atoms with Gasteiger partial charge < -0.3 is 38.0 Å². The summed E-state index contributed by atoms with van der Waals surface area (Å²) in [6, 6.07) is 50.0. The quantitative estimate of drug-likeness (QED) is 0.0626. The SMILES string of the molecule is O=C[C@H]1O[C@H](C=C[C@H]2O[C@H](COCc3ccccc3)[C@@H](OCc3ccccc3)[C@@H]2OCc2ccccc2)[C@@H](OCc2ccccc2)[C@@H]1OCc1ccccc1. The fraction of sp³-hybridized carbons (Fsp3) is 0.298. The van der Waals surface area contributed by atoms with E-state index in [1.807, 2.05) is 164 Å². The summed E-state index contributed by atoms with van der Waals surface area (Å²) < 4.78 is 45.6. The number of hydrogen-bond acceptors (Lipinski definition) is 8. The van der Waals surface area contributed by atoms with Gasteiger partial charge in [0.05, 0.1) is 39.6 Å². The van der Waals surface area contributed by atoms with Crippen molar-refractivity contribution < 1.29 is 38.0 Å². The summed E-state index contributed by atoms with van der Waals surface area (Å²) in [4.78, 5) is 12.4. The number of carbonyl (C=O) groups excluding carboxylic acids is 1. The average molecular weight is 741 g/mol. The molecule has 8 nitrogen and oxygen atoms in total. The van der Waals surface area contributed by atoms with Crippen molar-refractivity contribution in [1.82, 2.24) is 0 Å². The van der Waals surface area contributed by atoms with Crippen LogP contribution in [0.2, 0.25) is 0 Å². The minimum Gasteiger partial charge on any atom is -0.374 e. The maximum absolute atomic E-state index is 12.4. The van der Waals surface area contributed by atoms with Crippen LogP contribution in [0.25, 0.3) is 0 Å². The number of carbonyl (C=O) groups is 1. The maximum atomic E-state index is 12.4. The molecule has 7 rings (SSSR count). The van der Waals surface area contributed by atoms with Gasteiger partial charge in [-0.1, -0.05) is 164 Å². The predicted octanol–water partition coefficient (Wildman–Crippen LogP) is 7.83. The summed E-state index contributed by atoms with van der Waals surface area (Å²) in [6.07, 6.45) is 0.158. The first-order valence-electron chi connectivity index (χ1n) is 18.9. The van der Waals surface area contributed by atoms with Crippen LogP contribution in [0.1, 0.15) is 27.8 Å². The van der Waals surface area contributed by atoms with E-state index in [-0.39, 0.29) is 0 Å². The lowest BCUT2D eigenvalue weighted by Gasteiger charge is -2.25. The molecule has 0 saturated carbocycles. The highest BCUT2D eigenvalue weighted by molar-refractivity contribution is 5.58. The Kier molecular flexibility index (Phi) is 14.2. The number of rotatable bonds is 19. The first kappa shape index (κ1) is 38.5. The molecule has 8 atom stereocenters. The fourth-order valence-electron chi connectivity index (χ4n) is 6.94. The van der Waals surface area contributed by atoms with Crippen molar-refractivity contribution in [3.63, 3.8) is 0 Å². The molecule has 0 N–H and O–H groups in total. The van der Waals surface area contributed by atoms with E-state index in [0.717, 1.165) is 34.1 Å². The van der Waals surface area contributed by atoms with Gasteiger partial charge in [0.15, 0.2) is 6.29 Å². The fourth-order valence-corrected chi connectivity index (χ4v) is 6.94. The second-order valence-corrected chi connectivity index (χ2v) is 13.8. The van der Waals surface area contributed by atoms with Crippen LogP contribution in [0, 0.1) is 0 Å². The third-order valence-electron chi connectivity index (χ3n) is 9.79.